The number of likely N-dealkylation sites (tertiary alicyclic amines) is 2. The van der Waals surface area contributed by atoms with Crippen LogP contribution in [0.1, 0.15) is 12.0 Å². The molecule has 23 heavy (non-hydrogen) atoms. The van der Waals surface area contributed by atoms with Crippen LogP contribution in [0.4, 0.5) is 4.79 Å². The highest BCUT2D eigenvalue weighted by Gasteiger charge is 2.45. The molecule has 3 aliphatic heterocycles. The molecule has 4 rings (SSSR count). The van der Waals surface area contributed by atoms with Crippen molar-refractivity contribution in [3.8, 4) is 5.75 Å². The van der Waals surface area contributed by atoms with Gasteiger partial charge in [0.2, 0.25) is 0 Å². The summed E-state index contributed by atoms with van der Waals surface area (Å²) in [6, 6.07) is 8.15. The first-order valence-corrected chi connectivity index (χ1v) is 8.16. The molecule has 3 saturated heterocycles. The van der Waals surface area contributed by atoms with Crippen LogP contribution in [0.15, 0.2) is 24.3 Å². The van der Waals surface area contributed by atoms with Crippen LogP contribution in [0.5, 0.6) is 5.75 Å². The molecule has 1 spiro atoms. The van der Waals surface area contributed by atoms with Gasteiger partial charge in [-0.05, 0) is 24.1 Å². The molecular weight excluding hydrogens is 296 g/mol. The lowest BCUT2D eigenvalue weighted by atomic mass is 9.79. The number of rotatable bonds is 4. The molecule has 6 nitrogen and oxygen atoms in total. The zero-order valence-electron chi connectivity index (χ0n) is 13.1. The summed E-state index contributed by atoms with van der Waals surface area (Å²) in [5, 5.41) is 8.80. The van der Waals surface area contributed by atoms with Crippen molar-refractivity contribution in [3.63, 3.8) is 0 Å². The summed E-state index contributed by atoms with van der Waals surface area (Å²) in [6.45, 7) is 5.99. The first kappa shape index (κ1) is 14.8. The molecule has 0 saturated carbocycles. The molecule has 1 amide bonds. The van der Waals surface area contributed by atoms with E-state index in [0.29, 0.717) is 18.5 Å². The van der Waals surface area contributed by atoms with Crippen LogP contribution in [0.25, 0.3) is 0 Å². The van der Waals surface area contributed by atoms with Crippen molar-refractivity contribution < 1.29 is 19.4 Å². The van der Waals surface area contributed by atoms with Gasteiger partial charge in [-0.25, -0.2) is 4.79 Å². The van der Waals surface area contributed by atoms with E-state index in [0.717, 1.165) is 38.6 Å². The number of amides is 1. The minimum atomic E-state index is -0.875. The number of carboxylic acid groups (broad SMARTS) is 1. The molecule has 0 bridgehead atoms. The summed E-state index contributed by atoms with van der Waals surface area (Å²) in [5.74, 6) is 0.813. The Morgan fingerprint density at radius 3 is 2.65 bits per heavy atom. The van der Waals surface area contributed by atoms with Crippen molar-refractivity contribution in [1.82, 2.24) is 9.80 Å². The lowest BCUT2D eigenvalue weighted by molar-refractivity contribution is -0.0123. The fraction of sp³-hybridized carbons (Fsp3) is 0.588. The maximum Gasteiger partial charge on any atom is 0.407 e. The number of ether oxygens (including phenoxy) is 2. The molecule has 3 aliphatic rings. The molecule has 1 aromatic rings. The molecule has 3 heterocycles. The Hall–Kier alpha value is -1.79. The van der Waals surface area contributed by atoms with Crippen molar-refractivity contribution >= 4 is 6.09 Å². The first-order chi connectivity index (χ1) is 11.1. The average molecular weight is 318 g/mol. The van der Waals surface area contributed by atoms with E-state index in [1.807, 2.05) is 12.1 Å². The predicted molar refractivity (Wildman–Crippen MR) is 83.6 cm³/mol. The third-order valence-corrected chi connectivity index (χ3v) is 5.05. The third kappa shape index (κ3) is 3.01. The second-order valence-corrected chi connectivity index (χ2v) is 7.02. The Labute approximate surface area is 135 Å². The quantitative estimate of drug-likeness (QED) is 0.914. The summed E-state index contributed by atoms with van der Waals surface area (Å²) in [7, 11) is 0. The highest BCUT2D eigenvalue weighted by Crippen LogP contribution is 2.38. The van der Waals surface area contributed by atoms with Crippen molar-refractivity contribution in [3.05, 3.63) is 29.8 Å². The molecule has 0 atom stereocenters. The molecule has 124 valence electrons. The van der Waals surface area contributed by atoms with Gasteiger partial charge in [-0.1, -0.05) is 12.1 Å². The summed E-state index contributed by atoms with van der Waals surface area (Å²) < 4.78 is 11.3. The summed E-state index contributed by atoms with van der Waals surface area (Å²) >= 11 is 0. The summed E-state index contributed by atoms with van der Waals surface area (Å²) in [4.78, 5) is 14.5. The molecule has 0 unspecified atom stereocenters. The second-order valence-electron chi connectivity index (χ2n) is 7.02. The zero-order chi connectivity index (χ0) is 15.9. The van der Waals surface area contributed by atoms with E-state index < -0.39 is 6.09 Å². The average Bonchev–Trinajstić information content (AvgIpc) is 2.93. The van der Waals surface area contributed by atoms with E-state index in [9.17, 15) is 4.79 Å². The standard InChI is InChI=1S/C17H22N2O4/c20-16(21)19-8-15(9-19)23-14-3-1-13(2-4-14)7-18-10-17(11-18)5-6-22-12-17/h1-4,15H,5-12H2,(H,20,21). The van der Waals surface area contributed by atoms with Crippen LogP contribution < -0.4 is 4.74 Å². The molecule has 0 aliphatic carbocycles. The van der Waals surface area contributed by atoms with Crippen LogP contribution in [0.2, 0.25) is 0 Å². The van der Waals surface area contributed by atoms with Crippen molar-refractivity contribution in [1.29, 1.82) is 0 Å². The van der Waals surface area contributed by atoms with Gasteiger partial charge in [-0.2, -0.15) is 0 Å². The predicted octanol–water partition coefficient (Wildman–Crippen LogP) is 1.65. The molecule has 6 heteroatoms. The van der Waals surface area contributed by atoms with E-state index in [4.69, 9.17) is 14.6 Å². The van der Waals surface area contributed by atoms with Crippen molar-refractivity contribution in [2.75, 3.05) is 39.4 Å². The maximum absolute atomic E-state index is 10.7. The summed E-state index contributed by atoms with van der Waals surface area (Å²) in [6.07, 6.45) is 0.306. The second kappa shape index (κ2) is 5.69. The molecule has 1 aromatic carbocycles. The Morgan fingerprint density at radius 2 is 2.04 bits per heavy atom. The van der Waals surface area contributed by atoms with Crippen molar-refractivity contribution in [2.45, 2.75) is 19.1 Å². The Kier molecular flexibility index (Phi) is 3.66. The monoisotopic (exact) mass is 318 g/mol. The van der Waals surface area contributed by atoms with Gasteiger partial charge in [0.25, 0.3) is 0 Å². The fourth-order valence-corrected chi connectivity index (χ4v) is 3.71. The number of hydrogen-bond acceptors (Lipinski definition) is 4. The van der Waals surface area contributed by atoms with Gasteiger partial charge in [0.15, 0.2) is 0 Å². The highest BCUT2D eigenvalue weighted by molar-refractivity contribution is 5.66. The Bertz CT molecular complexity index is 569. The lowest BCUT2D eigenvalue weighted by Gasteiger charge is -2.47. The fourth-order valence-electron chi connectivity index (χ4n) is 3.71. The van der Waals surface area contributed by atoms with E-state index >= 15 is 0 Å². The molecule has 0 aromatic heterocycles. The third-order valence-electron chi connectivity index (χ3n) is 5.05. The van der Waals surface area contributed by atoms with E-state index in [1.54, 1.807) is 0 Å². The van der Waals surface area contributed by atoms with Crippen LogP contribution in [-0.2, 0) is 11.3 Å². The molecular formula is C17H22N2O4. The van der Waals surface area contributed by atoms with Crippen molar-refractivity contribution in [2.24, 2.45) is 5.41 Å². The largest absolute Gasteiger partial charge is 0.487 e. The smallest absolute Gasteiger partial charge is 0.407 e. The number of hydrogen-bond donors (Lipinski definition) is 1. The van der Waals surface area contributed by atoms with Gasteiger partial charge in [0.1, 0.15) is 11.9 Å². The van der Waals surface area contributed by atoms with Crippen LogP contribution >= 0.6 is 0 Å². The Morgan fingerprint density at radius 1 is 1.30 bits per heavy atom. The van der Waals surface area contributed by atoms with Gasteiger partial charge in [-0.15, -0.1) is 0 Å². The number of nitrogens with zero attached hydrogens (tertiary/aromatic N) is 2. The molecule has 0 radical (unpaired) electrons. The molecule has 3 fully saturated rings. The van der Waals surface area contributed by atoms with Crippen LogP contribution in [0, 0.1) is 5.41 Å². The van der Waals surface area contributed by atoms with Gasteiger partial charge in [-0.3, -0.25) is 4.90 Å². The van der Waals surface area contributed by atoms with Gasteiger partial charge >= 0.3 is 6.09 Å². The van der Waals surface area contributed by atoms with Gasteiger partial charge in [0.05, 0.1) is 19.7 Å². The van der Waals surface area contributed by atoms with Gasteiger partial charge in [0, 0.05) is 31.7 Å². The van der Waals surface area contributed by atoms with Crippen LogP contribution in [-0.4, -0.2) is 66.5 Å². The van der Waals surface area contributed by atoms with E-state index in [-0.39, 0.29) is 6.10 Å². The maximum atomic E-state index is 10.7. The number of benzene rings is 1. The Balaban J connectivity index is 1.24. The van der Waals surface area contributed by atoms with E-state index in [2.05, 4.69) is 17.0 Å². The van der Waals surface area contributed by atoms with Gasteiger partial charge < -0.3 is 19.5 Å². The minimum Gasteiger partial charge on any atom is -0.487 e. The van der Waals surface area contributed by atoms with Crippen LogP contribution in [0.3, 0.4) is 0 Å². The molecule has 1 N–H and O–H groups in total. The summed E-state index contributed by atoms with van der Waals surface area (Å²) in [5.41, 5.74) is 1.72. The topological polar surface area (TPSA) is 62.2 Å². The first-order valence-electron chi connectivity index (χ1n) is 8.16. The normalized spacial score (nSPS) is 23.6. The zero-order valence-corrected chi connectivity index (χ0v) is 13.1. The lowest BCUT2D eigenvalue weighted by Crippen LogP contribution is -2.56. The highest BCUT2D eigenvalue weighted by atomic mass is 16.5. The minimum absolute atomic E-state index is 0.0189. The SMILES string of the molecule is O=C(O)N1CC(Oc2ccc(CN3CC4(CCOC4)C3)cc2)C1. The van der Waals surface area contributed by atoms with E-state index in [1.165, 1.54) is 16.9 Å². The number of carbonyl (C=O) groups is 1.